The van der Waals surface area contributed by atoms with Crippen molar-refractivity contribution >= 4 is 23.5 Å². The molecule has 204 valence electrons. The third kappa shape index (κ3) is 6.24. The lowest BCUT2D eigenvalue weighted by Crippen LogP contribution is -2.12. The molecule has 0 aliphatic rings. The predicted molar refractivity (Wildman–Crippen MR) is 165 cm³/mol. The van der Waals surface area contributed by atoms with Crippen molar-refractivity contribution in [3.05, 3.63) is 131 Å². The van der Waals surface area contributed by atoms with Crippen LogP contribution in [0.15, 0.2) is 115 Å². The molecule has 5 aromatic rings. The lowest BCUT2D eigenvalue weighted by molar-refractivity contribution is 0.0513. The lowest BCUT2D eigenvalue weighted by Gasteiger charge is -2.18. The van der Waals surface area contributed by atoms with E-state index in [1.54, 1.807) is 38.1 Å². The van der Waals surface area contributed by atoms with Crippen LogP contribution in [0.1, 0.15) is 34.6 Å². The highest BCUT2D eigenvalue weighted by Gasteiger charge is 2.23. The Labute approximate surface area is 245 Å². The molecule has 0 saturated heterocycles. The van der Waals surface area contributed by atoms with Gasteiger partial charge in [-0.2, -0.15) is 0 Å². The first kappa shape index (κ1) is 27.9. The Bertz CT molecular complexity index is 1620. The summed E-state index contributed by atoms with van der Waals surface area (Å²) in [6.45, 7) is 3.97. The van der Waals surface area contributed by atoms with Crippen molar-refractivity contribution in [2.24, 2.45) is 0 Å². The van der Waals surface area contributed by atoms with E-state index in [1.165, 1.54) is 0 Å². The minimum atomic E-state index is -0.475. The zero-order valence-corrected chi connectivity index (χ0v) is 23.7. The Balaban J connectivity index is 1.81. The lowest BCUT2D eigenvalue weighted by atomic mass is 9.88. The highest BCUT2D eigenvalue weighted by atomic mass is 35.5. The first-order valence-corrected chi connectivity index (χ1v) is 13.9. The van der Waals surface area contributed by atoms with E-state index in [0.29, 0.717) is 27.3 Å². The van der Waals surface area contributed by atoms with Gasteiger partial charge in [0.1, 0.15) is 0 Å². The second kappa shape index (κ2) is 12.7. The summed E-state index contributed by atoms with van der Waals surface area (Å²) in [5, 5.41) is 0.569. The van der Waals surface area contributed by atoms with Gasteiger partial charge in [0, 0.05) is 5.02 Å². The Hall–Kier alpha value is -4.67. The summed E-state index contributed by atoms with van der Waals surface area (Å²) in [6.07, 6.45) is 0. The van der Waals surface area contributed by atoms with Gasteiger partial charge in [0.05, 0.1) is 24.3 Å². The first-order chi connectivity index (χ1) is 20.0. The molecule has 0 aromatic heterocycles. The number of halogens is 1. The molecular weight excluding hydrogens is 532 g/mol. The van der Waals surface area contributed by atoms with Crippen LogP contribution in [0.25, 0.3) is 44.5 Å². The molecule has 0 unspecified atom stereocenters. The Morgan fingerprint density at radius 2 is 0.927 bits per heavy atom. The van der Waals surface area contributed by atoms with E-state index in [4.69, 9.17) is 21.1 Å². The van der Waals surface area contributed by atoms with Crippen LogP contribution in [0, 0.1) is 0 Å². The fourth-order valence-corrected chi connectivity index (χ4v) is 4.97. The average molecular weight is 561 g/mol. The van der Waals surface area contributed by atoms with Crippen LogP contribution in [0.5, 0.6) is 0 Å². The van der Waals surface area contributed by atoms with E-state index < -0.39 is 11.9 Å². The Kier molecular flexibility index (Phi) is 8.61. The molecule has 0 saturated carbocycles. The van der Waals surface area contributed by atoms with E-state index in [2.05, 4.69) is 6.07 Å². The molecule has 0 aliphatic carbocycles. The van der Waals surface area contributed by atoms with Crippen molar-refractivity contribution in [1.82, 2.24) is 0 Å². The van der Waals surface area contributed by atoms with Crippen molar-refractivity contribution in [2.45, 2.75) is 13.8 Å². The largest absolute Gasteiger partial charge is 0.462 e. The molecule has 0 radical (unpaired) electrons. The van der Waals surface area contributed by atoms with E-state index in [1.807, 2.05) is 84.9 Å². The number of esters is 2. The summed E-state index contributed by atoms with van der Waals surface area (Å²) >= 11 is 6.14. The molecule has 0 atom stereocenters. The third-order valence-electron chi connectivity index (χ3n) is 6.76. The molecular formula is C36H29ClO4. The molecule has 0 N–H and O–H groups in total. The SMILES string of the molecule is CCOC(=O)c1cc(-c2cc(-c3ccccc3)cc(-c3ccccc3)c2)c(C(=O)OCC)cc1-c1ccc(Cl)cc1. The van der Waals surface area contributed by atoms with Crippen molar-refractivity contribution in [3.8, 4) is 44.5 Å². The van der Waals surface area contributed by atoms with E-state index in [0.717, 1.165) is 33.4 Å². The highest BCUT2D eigenvalue weighted by molar-refractivity contribution is 6.30. The van der Waals surface area contributed by atoms with Crippen molar-refractivity contribution in [3.63, 3.8) is 0 Å². The van der Waals surface area contributed by atoms with Gasteiger partial charge in [-0.1, -0.05) is 84.4 Å². The second-order valence-electron chi connectivity index (χ2n) is 9.42. The van der Waals surface area contributed by atoms with Gasteiger partial charge in [-0.05, 0) is 101 Å². The van der Waals surface area contributed by atoms with E-state index in [-0.39, 0.29) is 13.2 Å². The Morgan fingerprint density at radius 1 is 0.512 bits per heavy atom. The molecule has 0 fully saturated rings. The zero-order chi connectivity index (χ0) is 28.8. The van der Waals surface area contributed by atoms with Crippen molar-refractivity contribution in [2.75, 3.05) is 13.2 Å². The van der Waals surface area contributed by atoms with Crippen LogP contribution >= 0.6 is 11.6 Å². The quantitative estimate of drug-likeness (QED) is 0.177. The normalized spacial score (nSPS) is 10.7. The number of hydrogen-bond donors (Lipinski definition) is 0. The molecule has 41 heavy (non-hydrogen) atoms. The maximum absolute atomic E-state index is 13.4. The molecule has 5 heteroatoms. The molecule has 0 amide bonds. The predicted octanol–water partition coefficient (Wildman–Crippen LogP) is 9.36. The molecule has 0 bridgehead atoms. The van der Waals surface area contributed by atoms with Gasteiger partial charge < -0.3 is 9.47 Å². The number of ether oxygens (including phenoxy) is 2. The number of carbonyl (C=O) groups excluding carboxylic acids is 2. The summed E-state index contributed by atoms with van der Waals surface area (Å²) in [5.41, 5.74) is 7.40. The third-order valence-corrected chi connectivity index (χ3v) is 7.01. The highest BCUT2D eigenvalue weighted by Crippen LogP contribution is 2.38. The fourth-order valence-electron chi connectivity index (χ4n) is 4.84. The standard InChI is InChI=1S/C36H29ClO4/c1-3-40-35(38)33-23-32(34(36(39)41-4-2)22-31(33)26-15-17-30(37)18-16-26)29-20-27(24-11-7-5-8-12-24)19-28(21-29)25-13-9-6-10-14-25/h5-23H,3-4H2,1-2H3. The first-order valence-electron chi connectivity index (χ1n) is 13.5. The topological polar surface area (TPSA) is 52.6 Å². The van der Waals surface area contributed by atoms with Crippen molar-refractivity contribution in [1.29, 1.82) is 0 Å². The van der Waals surface area contributed by atoms with Gasteiger partial charge in [0.2, 0.25) is 0 Å². The maximum Gasteiger partial charge on any atom is 0.338 e. The van der Waals surface area contributed by atoms with Gasteiger partial charge in [-0.3, -0.25) is 0 Å². The monoisotopic (exact) mass is 560 g/mol. The summed E-state index contributed by atoms with van der Waals surface area (Å²) < 4.78 is 11.0. The number of benzene rings is 5. The van der Waals surface area contributed by atoms with Crippen molar-refractivity contribution < 1.29 is 19.1 Å². The van der Waals surface area contributed by atoms with Gasteiger partial charge in [-0.15, -0.1) is 0 Å². The molecule has 4 nitrogen and oxygen atoms in total. The summed E-state index contributed by atoms with van der Waals surface area (Å²) in [5.74, 6) is -0.948. The Morgan fingerprint density at radius 3 is 1.37 bits per heavy atom. The van der Waals surface area contributed by atoms with Crippen LogP contribution < -0.4 is 0 Å². The van der Waals surface area contributed by atoms with Crippen LogP contribution in [-0.4, -0.2) is 25.2 Å². The van der Waals surface area contributed by atoms with Gasteiger partial charge >= 0.3 is 11.9 Å². The van der Waals surface area contributed by atoms with E-state index in [9.17, 15) is 9.59 Å². The second-order valence-corrected chi connectivity index (χ2v) is 9.86. The van der Waals surface area contributed by atoms with Gasteiger partial charge in [0.15, 0.2) is 0 Å². The van der Waals surface area contributed by atoms with Gasteiger partial charge in [0.25, 0.3) is 0 Å². The minimum absolute atomic E-state index is 0.216. The van der Waals surface area contributed by atoms with Gasteiger partial charge in [-0.25, -0.2) is 9.59 Å². The maximum atomic E-state index is 13.4. The summed E-state index contributed by atoms with van der Waals surface area (Å²) in [6, 6.07) is 36.9. The van der Waals surface area contributed by atoms with Crippen LogP contribution in [0.2, 0.25) is 5.02 Å². The average Bonchev–Trinajstić information content (AvgIpc) is 3.01. The van der Waals surface area contributed by atoms with Crippen LogP contribution in [-0.2, 0) is 9.47 Å². The summed E-state index contributed by atoms with van der Waals surface area (Å²) in [7, 11) is 0. The molecule has 5 rings (SSSR count). The molecule has 0 heterocycles. The van der Waals surface area contributed by atoms with Crippen LogP contribution in [0.4, 0.5) is 0 Å². The number of rotatable bonds is 8. The summed E-state index contributed by atoms with van der Waals surface area (Å²) in [4.78, 5) is 26.7. The zero-order valence-electron chi connectivity index (χ0n) is 22.9. The van der Waals surface area contributed by atoms with E-state index >= 15 is 0 Å². The molecule has 0 aliphatic heterocycles. The molecule has 5 aromatic carbocycles. The fraction of sp³-hybridized carbons (Fsp3) is 0.111. The van der Waals surface area contributed by atoms with Crippen LogP contribution in [0.3, 0.4) is 0 Å². The smallest absolute Gasteiger partial charge is 0.338 e. The minimum Gasteiger partial charge on any atom is -0.462 e. The molecule has 0 spiro atoms. The number of carbonyl (C=O) groups is 2. The number of hydrogen-bond acceptors (Lipinski definition) is 4.